The summed E-state index contributed by atoms with van der Waals surface area (Å²) < 4.78 is 12.8. The third-order valence-electron chi connectivity index (χ3n) is 4.04. The molecule has 0 rings (SSSR count). The number of alkyl halides is 1. The van der Waals surface area contributed by atoms with E-state index in [0.717, 1.165) is 36.7 Å². The van der Waals surface area contributed by atoms with Gasteiger partial charge in [-0.2, -0.15) is 0 Å². The van der Waals surface area contributed by atoms with E-state index in [2.05, 4.69) is 46.8 Å². The Morgan fingerprint density at radius 3 is 2.21 bits per heavy atom. The van der Waals surface area contributed by atoms with Gasteiger partial charge in [0.15, 0.2) is 0 Å². The second-order valence-corrected chi connectivity index (χ2v) is 6.23. The molecule has 1 heteroatoms. The predicted molar refractivity (Wildman–Crippen MR) is 85.1 cm³/mol. The summed E-state index contributed by atoms with van der Waals surface area (Å²) in [7, 11) is 0. The monoisotopic (exact) mass is 268 g/mol. The van der Waals surface area contributed by atoms with E-state index < -0.39 is 0 Å². The molecular formula is C18H33F. The van der Waals surface area contributed by atoms with E-state index in [9.17, 15) is 4.39 Å². The molecule has 0 aliphatic heterocycles. The van der Waals surface area contributed by atoms with Gasteiger partial charge in [0.05, 0.1) is 0 Å². The van der Waals surface area contributed by atoms with Gasteiger partial charge < -0.3 is 0 Å². The Morgan fingerprint density at radius 1 is 1.00 bits per heavy atom. The van der Waals surface area contributed by atoms with Crippen molar-refractivity contribution in [1.82, 2.24) is 0 Å². The van der Waals surface area contributed by atoms with Crippen LogP contribution < -0.4 is 0 Å². The molecule has 0 bridgehead atoms. The van der Waals surface area contributed by atoms with Gasteiger partial charge in [-0.1, -0.05) is 59.3 Å². The molecule has 0 aromatic carbocycles. The first kappa shape index (κ1) is 18.4. The van der Waals surface area contributed by atoms with Gasteiger partial charge in [-0.15, -0.1) is 0 Å². The Hall–Kier alpha value is -0.590. The van der Waals surface area contributed by atoms with Gasteiger partial charge in [0, 0.05) is 0 Å². The van der Waals surface area contributed by atoms with Gasteiger partial charge in [0.1, 0.15) is 6.67 Å². The van der Waals surface area contributed by atoms with Crippen LogP contribution in [0.25, 0.3) is 0 Å². The molecule has 2 atom stereocenters. The van der Waals surface area contributed by atoms with Gasteiger partial charge in [-0.05, 0) is 49.0 Å². The first-order valence-electron chi connectivity index (χ1n) is 7.92. The summed E-state index contributed by atoms with van der Waals surface area (Å²) in [5, 5.41) is 0. The third kappa shape index (κ3) is 9.92. The lowest BCUT2D eigenvalue weighted by molar-refractivity contribution is 0.357. The summed E-state index contributed by atoms with van der Waals surface area (Å²) in [5.74, 6) is 2.24. The highest BCUT2D eigenvalue weighted by molar-refractivity contribution is 5.18. The number of hydrogen-bond acceptors (Lipinski definition) is 0. The van der Waals surface area contributed by atoms with Crippen molar-refractivity contribution in [1.29, 1.82) is 0 Å². The fraction of sp³-hybridized carbons (Fsp3) is 0.778. The minimum Gasteiger partial charge on any atom is -0.246 e. The third-order valence-corrected chi connectivity index (χ3v) is 4.04. The van der Waals surface area contributed by atoms with Crippen molar-refractivity contribution in [3.05, 3.63) is 23.8 Å². The van der Waals surface area contributed by atoms with E-state index >= 15 is 0 Å². The highest BCUT2D eigenvalue weighted by Gasteiger charge is 2.08. The molecule has 2 unspecified atom stereocenters. The second-order valence-electron chi connectivity index (χ2n) is 6.23. The molecule has 0 amide bonds. The average molecular weight is 268 g/mol. The number of hydrogen-bond donors (Lipinski definition) is 0. The van der Waals surface area contributed by atoms with Crippen LogP contribution in [0, 0.1) is 17.8 Å². The van der Waals surface area contributed by atoms with Crippen molar-refractivity contribution in [2.45, 2.75) is 66.7 Å². The van der Waals surface area contributed by atoms with Crippen molar-refractivity contribution in [3.63, 3.8) is 0 Å². The van der Waals surface area contributed by atoms with Crippen LogP contribution in [0.5, 0.6) is 0 Å². The average Bonchev–Trinajstić information content (AvgIpc) is 2.39. The molecule has 0 fully saturated rings. The van der Waals surface area contributed by atoms with Crippen molar-refractivity contribution in [3.8, 4) is 0 Å². The maximum Gasteiger partial charge on any atom is 0.114 e. The Bertz CT molecular complexity index is 263. The number of halogens is 1. The fourth-order valence-corrected chi connectivity index (χ4v) is 2.05. The Kier molecular flexibility index (Phi) is 10.9. The van der Waals surface area contributed by atoms with E-state index in [1.54, 1.807) is 0 Å². The molecule has 0 aliphatic rings. The standard InChI is InChI=1S/C18H33F/c1-6-16(4)17(5)11-7-8-12-18(14-19)13-9-10-15(2)3/h8,12-13,15-17H,6-7,9-11,14H2,1-5H3. The maximum atomic E-state index is 12.8. The molecule has 0 saturated heterocycles. The highest BCUT2D eigenvalue weighted by atomic mass is 19.1. The van der Waals surface area contributed by atoms with E-state index in [4.69, 9.17) is 0 Å². The van der Waals surface area contributed by atoms with Crippen LogP contribution in [-0.4, -0.2) is 6.67 Å². The summed E-state index contributed by atoms with van der Waals surface area (Å²) in [6.07, 6.45) is 11.8. The zero-order valence-corrected chi connectivity index (χ0v) is 13.6. The van der Waals surface area contributed by atoms with E-state index in [1.807, 2.05) is 6.08 Å². The van der Waals surface area contributed by atoms with Gasteiger partial charge in [-0.3, -0.25) is 0 Å². The van der Waals surface area contributed by atoms with Crippen LogP contribution >= 0.6 is 0 Å². The smallest absolute Gasteiger partial charge is 0.114 e. The molecule has 0 heterocycles. The SMILES string of the molecule is CCC(C)C(C)CCC=CC(=CCCC(C)C)CF. The topological polar surface area (TPSA) is 0 Å². The summed E-state index contributed by atoms with van der Waals surface area (Å²) >= 11 is 0. The Labute approximate surface area is 120 Å². The minimum atomic E-state index is -0.338. The molecule has 0 spiro atoms. The van der Waals surface area contributed by atoms with Gasteiger partial charge >= 0.3 is 0 Å². The number of rotatable bonds is 10. The number of allylic oxidation sites excluding steroid dienone is 4. The van der Waals surface area contributed by atoms with Gasteiger partial charge in [0.2, 0.25) is 0 Å². The van der Waals surface area contributed by atoms with Crippen molar-refractivity contribution in [2.24, 2.45) is 17.8 Å². The quantitative estimate of drug-likeness (QED) is 0.406. The fourth-order valence-electron chi connectivity index (χ4n) is 2.05. The molecule has 112 valence electrons. The highest BCUT2D eigenvalue weighted by Crippen LogP contribution is 2.20. The minimum absolute atomic E-state index is 0.338. The summed E-state index contributed by atoms with van der Waals surface area (Å²) in [4.78, 5) is 0. The lowest BCUT2D eigenvalue weighted by Gasteiger charge is -2.16. The second kappa shape index (κ2) is 11.3. The molecule has 0 aromatic heterocycles. The van der Waals surface area contributed by atoms with Crippen LogP contribution in [0.2, 0.25) is 0 Å². The lowest BCUT2D eigenvalue weighted by atomic mass is 9.89. The molecule has 0 saturated carbocycles. The first-order chi connectivity index (χ1) is 9.01. The van der Waals surface area contributed by atoms with E-state index in [-0.39, 0.29) is 6.67 Å². The summed E-state index contributed by atoms with van der Waals surface area (Å²) in [6.45, 7) is 10.9. The van der Waals surface area contributed by atoms with Crippen LogP contribution in [0.15, 0.2) is 23.8 Å². The van der Waals surface area contributed by atoms with Crippen LogP contribution in [0.3, 0.4) is 0 Å². The zero-order chi connectivity index (χ0) is 14.7. The summed E-state index contributed by atoms with van der Waals surface area (Å²) in [5.41, 5.74) is 0.844. The van der Waals surface area contributed by atoms with Gasteiger partial charge in [-0.25, -0.2) is 4.39 Å². The molecule has 0 N–H and O–H groups in total. The van der Waals surface area contributed by atoms with Crippen molar-refractivity contribution < 1.29 is 4.39 Å². The van der Waals surface area contributed by atoms with Gasteiger partial charge in [0.25, 0.3) is 0 Å². The predicted octanol–water partition coefficient (Wildman–Crippen LogP) is 6.34. The molecule has 0 radical (unpaired) electrons. The van der Waals surface area contributed by atoms with Crippen molar-refractivity contribution in [2.75, 3.05) is 6.67 Å². The largest absolute Gasteiger partial charge is 0.246 e. The normalized spacial score (nSPS) is 16.3. The molecular weight excluding hydrogens is 235 g/mol. The zero-order valence-electron chi connectivity index (χ0n) is 13.6. The molecule has 0 aromatic rings. The van der Waals surface area contributed by atoms with Crippen LogP contribution in [0.1, 0.15) is 66.7 Å². The van der Waals surface area contributed by atoms with E-state index in [0.29, 0.717) is 5.92 Å². The van der Waals surface area contributed by atoms with E-state index in [1.165, 1.54) is 12.8 Å². The molecule has 0 nitrogen and oxygen atoms in total. The molecule has 19 heavy (non-hydrogen) atoms. The van der Waals surface area contributed by atoms with Crippen LogP contribution in [0.4, 0.5) is 4.39 Å². The molecule has 0 aliphatic carbocycles. The van der Waals surface area contributed by atoms with Crippen LogP contribution in [-0.2, 0) is 0 Å². The maximum absolute atomic E-state index is 12.8. The summed E-state index contributed by atoms with van der Waals surface area (Å²) in [6, 6.07) is 0. The first-order valence-corrected chi connectivity index (χ1v) is 7.92. The Balaban J connectivity index is 4.00. The Morgan fingerprint density at radius 2 is 1.68 bits per heavy atom. The van der Waals surface area contributed by atoms with Crippen molar-refractivity contribution >= 4 is 0 Å². The lowest BCUT2D eigenvalue weighted by Crippen LogP contribution is -2.05.